The summed E-state index contributed by atoms with van der Waals surface area (Å²) in [5.41, 5.74) is 1.31. The third-order valence-corrected chi connectivity index (χ3v) is 3.33. The van der Waals surface area contributed by atoms with E-state index in [1.165, 1.54) is 7.11 Å². The van der Waals surface area contributed by atoms with Crippen LogP contribution in [0.15, 0.2) is 45.6 Å². The summed E-state index contributed by atoms with van der Waals surface area (Å²) in [6.45, 7) is 1.76. The molecule has 1 aliphatic heterocycles. The standard InChI is InChI=1S/C13H12N4O3S/c1-8(9-5-3-4-6-14-9)16-17-13-15-12(19)10(21-13)7-11(18)20-2/h3-7H,1-2H3,(H,15,17,19)/b10-7+,16-8-. The SMILES string of the molecule is COC(=O)/C=C1/S/C(=N/N=C(/C)c2ccccn2)NC1=O. The van der Waals surface area contributed by atoms with Crippen LogP contribution in [-0.4, -0.2) is 34.8 Å². The summed E-state index contributed by atoms with van der Waals surface area (Å²) in [6.07, 6.45) is 2.77. The van der Waals surface area contributed by atoms with Gasteiger partial charge in [-0.25, -0.2) is 4.79 Å². The van der Waals surface area contributed by atoms with Gasteiger partial charge in [0.25, 0.3) is 5.91 Å². The molecule has 108 valence electrons. The van der Waals surface area contributed by atoms with Crippen molar-refractivity contribution in [3.63, 3.8) is 0 Å². The number of ether oxygens (including phenoxy) is 1. The Morgan fingerprint density at radius 3 is 2.95 bits per heavy atom. The summed E-state index contributed by atoms with van der Waals surface area (Å²) in [6, 6.07) is 5.46. The molecule has 0 atom stereocenters. The van der Waals surface area contributed by atoms with E-state index in [0.29, 0.717) is 16.6 Å². The molecule has 21 heavy (non-hydrogen) atoms. The second-order valence-electron chi connectivity index (χ2n) is 3.89. The first-order chi connectivity index (χ1) is 10.1. The Labute approximate surface area is 125 Å². The van der Waals surface area contributed by atoms with Gasteiger partial charge in [0.2, 0.25) is 0 Å². The van der Waals surface area contributed by atoms with Gasteiger partial charge in [-0.1, -0.05) is 6.07 Å². The predicted molar refractivity (Wildman–Crippen MR) is 79.7 cm³/mol. The lowest BCUT2D eigenvalue weighted by Gasteiger charge is -1.96. The number of nitrogens with one attached hydrogen (secondary N) is 1. The number of hydrogen-bond acceptors (Lipinski definition) is 7. The number of rotatable bonds is 3. The molecule has 1 N–H and O–H groups in total. The highest BCUT2D eigenvalue weighted by atomic mass is 32.2. The van der Waals surface area contributed by atoms with Gasteiger partial charge < -0.3 is 4.74 Å². The zero-order valence-corrected chi connectivity index (χ0v) is 12.2. The predicted octanol–water partition coefficient (Wildman–Crippen LogP) is 1.08. The Balaban J connectivity index is 2.12. The molecule has 0 spiro atoms. The van der Waals surface area contributed by atoms with E-state index in [9.17, 15) is 9.59 Å². The number of methoxy groups -OCH3 is 1. The van der Waals surface area contributed by atoms with Crippen molar-refractivity contribution in [3.05, 3.63) is 41.1 Å². The maximum absolute atomic E-state index is 11.6. The van der Waals surface area contributed by atoms with Crippen molar-refractivity contribution in [2.24, 2.45) is 10.2 Å². The van der Waals surface area contributed by atoms with Crippen molar-refractivity contribution < 1.29 is 14.3 Å². The molecule has 0 aromatic carbocycles. The molecule has 0 aliphatic carbocycles. The van der Waals surface area contributed by atoms with Crippen LogP contribution < -0.4 is 5.32 Å². The Morgan fingerprint density at radius 1 is 1.48 bits per heavy atom. The van der Waals surface area contributed by atoms with E-state index in [-0.39, 0.29) is 4.91 Å². The molecule has 2 rings (SSSR count). The van der Waals surface area contributed by atoms with E-state index in [4.69, 9.17) is 0 Å². The van der Waals surface area contributed by atoms with Crippen molar-refractivity contribution in [3.8, 4) is 0 Å². The van der Waals surface area contributed by atoms with E-state index >= 15 is 0 Å². The normalized spacial score (nSPS) is 19.0. The van der Waals surface area contributed by atoms with Crippen LogP contribution in [0.2, 0.25) is 0 Å². The van der Waals surface area contributed by atoms with Gasteiger partial charge in [-0.05, 0) is 30.8 Å². The van der Waals surface area contributed by atoms with Crippen LogP contribution in [-0.2, 0) is 14.3 Å². The molecule has 2 heterocycles. The van der Waals surface area contributed by atoms with Crippen molar-refractivity contribution >= 4 is 34.5 Å². The molecule has 0 unspecified atom stereocenters. The van der Waals surface area contributed by atoms with E-state index in [1.54, 1.807) is 19.2 Å². The summed E-state index contributed by atoms with van der Waals surface area (Å²) in [7, 11) is 1.24. The Hall–Kier alpha value is -2.48. The molecule has 1 aromatic heterocycles. The summed E-state index contributed by atoms with van der Waals surface area (Å²) < 4.78 is 4.47. The minimum Gasteiger partial charge on any atom is -0.466 e. The molecule has 0 bridgehead atoms. The van der Waals surface area contributed by atoms with E-state index in [1.807, 2.05) is 12.1 Å². The molecule has 1 saturated heterocycles. The lowest BCUT2D eigenvalue weighted by molar-refractivity contribution is -0.135. The number of pyridine rings is 1. The highest BCUT2D eigenvalue weighted by molar-refractivity contribution is 8.18. The topological polar surface area (TPSA) is 93.0 Å². The maximum atomic E-state index is 11.6. The fraction of sp³-hybridized carbons (Fsp3) is 0.154. The first kappa shape index (κ1) is 14.9. The number of hydrogen-bond donors (Lipinski definition) is 1. The quantitative estimate of drug-likeness (QED) is 0.390. The number of carbonyl (C=O) groups excluding carboxylic acids is 2. The molecule has 1 aromatic rings. The molecular formula is C13H12N4O3S. The fourth-order valence-electron chi connectivity index (χ4n) is 1.39. The number of amidine groups is 1. The van der Waals surface area contributed by atoms with Crippen LogP contribution >= 0.6 is 11.8 Å². The number of nitrogens with zero attached hydrogens (tertiary/aromatic N) is 3. The molecule has 1 amide bonds. The third kappa shape index (κ3) is 3.99. The monoisotopic (exact) mass is 304 g/mol. The van der Waals surface area contributed by atoms with E-state index in [2.05, 4.69) is 25.2 Å². The second-order valence-corrected chi connectivity index (χ2v) is 4.92. The van der Waals surface area contributed by atoms with Gasteiger partial charge in [-0.3, -0.25) is 15.1 Å². The molecule has 1 fully saturated rings. The summed E-state index contributed by atoms with van der Waals surface area (Å²) in [5, 5.41) is 10.8. The Bertz CT molecular complexity index is 653. The van der Waals surface area contributed by atoms with Gasteiger partial charge in [0, 0.05) is 12.3 Å². The molecule has 7 nitrogen and oxygen atoms in total. The summed E-state index contributed by atoms with van der Waals surface area (Å²) >= 11 is 1.02. The van der Waals surface area contributed by atoms with Gasteiger partial charge in [0.1, 0.15) is 0 Å². The van der Waals surface area contributed by atoms with Crippen LogP contribution in [0.1, 0.15) is 12.6 Å². The van der Waals surface area contributed by atoms with Crippen LogP contribution in [0.5, 0.6) is 0 Å². The average molecular weight is 304 g/mol. The first-order valence-corrected chi connectivity index (χ1v) is 6.74. The number of esters is 1. The fourth-order valence-corrected chi connectivity index (χ4v) is 2.12. The minimum atomic E-state index is -0.595. The largest absolute Gasteiger partial charge is 0.466 e. The van der Waals surface area contributed by atoms with Crippen LogP contribution in [0.3, 0.4) is 0 Å². The van der Waals surface area contributed by atoms with Gasteiger partial charge in [-0.15, -0.1) is 5.10 Å². The molecule has 1 aliphatic rings. The lowest BCUT2D eigenvalue weighted by Crippen LogP contribution is -2.19. The second kappa shape index (κ2) is 6.80. The molecular weight excluding hydrogens is 292 g/mol. The Kier molecular flexibility index (Phi) is 4.83. The van der Waals surface area contributed by atoms with E-state index in [0.717, 1.165) is 17.8 Å². The van der Waals surface area contributed by atoms with Crippen molar-refractivity contribution in [2.75, 3.05) is 7.11 Å². The minimum absolute atomic E-state index is 0.214. The van der Waals surface area contributed by atoms with Crippen LogP contribution in [0.4, 0.5) is 0 Å². The van der Waals surface area contributed by atoms with Crippen molar-refractivity contribution in [1.82, 2.24) is 10.3 Å². The lowest BCUT2D eigenvalue weighted by atomic mass is 10.3. The van der Waals surface area contributed by atoms with Crippen molar-refractivity contribution in [1.29, 1.82) is 0 Å². The van der Waals surface area contributed by atoms with Crippen LogP contribution in [0, 0.1) is 0 Å². The van der Waals surface area contributed by atoms with Gasteiger partial charge in [-0.2, -0.15) is 5.10 Å². The zero-order chi connectivity index (χ0) is 15.2. The first-order valence-electron chi connectivity index (χ1n) is 5.92. The number of amides is 1. The number of carbonyl (C=O) groups is 2. The summed E-state index contributed by atoms with van der Waals surface area (Å²) in [4.78, 5) is 27.1. The third-order valence-electron chi connectivity index (χ3n) is 2.43. The maximum Gasteiger partial charge on any atom is 0.331 e. The van der Waals surface area contributed by atoms with Gasteiger partial charge in [0.05, 0.1) is 23.4 Å². The highest BCUT2D eigenvalue weighted by Gasteiger charge is 2.25. The van der Waals surface area contributed by atoms with Crippen LogP contribution in [0.25, 0.3) is 0 Å². The number of aromatic nitrogens is 1. The van der Waals surface area contributed by atoms with Crippen molar-refractivity contribution in [2.45, 2.75) is 6.92 Å². The molecule has 0 radical (unpaired) electrons. The highest BCUT2D eigenvalue weighted by Crippen LogP contribution is 2.23. The smallest absolute Gasteiger partial charge is 0.331 e. The average Bonchev–Trinajstić information content (AvgIpc) is 2.85. The Morgan fingerprint density at radius 2 is 2.29 bits per heavy atom. The van der Waals surface area contributed by atoms with Gasteiger partial charge in [0.15, 0.2) is 5.17 Å². The summed E-state index contributed by atoms with van der Waals surface area (Å²) in [5.74, 6) is -1.00. The number of thioether (sulfide) groups is 1. The molecule has 8 heteroatoms. The molecule has 0 saturated carbocycles. The van der Waals surface area contributed by atoms with E-state index < -0.39 is 11.9 Å². The van der Waals surface area contributed by atoms with Gasteiger partial charge >= 0.3 is 5.97 Å². The zero-order valence-electron chi connectivity index (χ0n) is 11.4.